The van der Waals surface area contributed by atoms with E-state index in [0.717, 1.165) is 24.2 Å². The highest BCUT2D eigenvalue weighted by molar-refractivity contribution is 6.01. The molecule has 2 heterocycles. The molecule has 0 fully saturated rings. The number of nitrogens with zero attached hydrogens (tertiary/aromatic N) is 4. The van der Waals surface area contributed by atoms with Crippen molar-refractivity contribution in [3.8, 4) is 0 Å². The third-order valence-corrected chi connectivity index (χ3v) is 3.90. The molecule has 0 radical (unpaired) electrons. The molecule has 9 heteroatoms. The minimum Gasteiger partial charge on any atom is -0.320 e. The van der Waals surface area contributed by atoms with Crippen molar-refractivity contribution in [2.45, 2.75) is 26.2 Å². The fraction of sp³-hybridized carbons (Fsp3) is 0.211. The molecule has 146 valence electrons. The van der Waals surface area contributed by atoms with E-state index in [4.69, 9.17) is 0 Å². The molecule has 0 aliphatic carbocycles. The fourth-order valence-electron chi connectivity index (χ4n) is 2.54. The van der Waals surface area contributed by atoms with Crippen LogP contribution < -0.4 is 5.32 Å². The first-order valence-electron chi connectivity index (χ1n) is 8.53. The Bertz CT molecular complexity index is 987. The summed E-state index contributed by atoms with van der Waals surface area (Å²) in [6.07, 6.45) is 5.09. The molecular weight excluding hydrogens is 371 g/mol. The van der Waals surface area contributed by atoms with Crippen LogP contribution in [0.1, 0.15) is 23.6 Å². The lowest BCUT2D eigenvalue weighted by Crippen LogP contribution is -2.08. The van der Waals surface area contributed by atoms with E-state index in [9.17, 15) is 18.0 Å². The Morgan fingerprint density at radius 1 is 1.18 bits per heavy atom. The minimum atomic E-state index is -4.39. The summed E-state index contributed by atoms with van der Waals surface area (Å²) in [4.78, 5) is 12.0. The van der Waals surface area contributed by atoms with Gasteiger partial charge in [0.25, 0.3) is 0 Å². The molecule has 6 nitrogen and oxygen atoms in total. The molecule has 3 rings (SSSR count). The van der Waals surface area contributed by atoms with Crippen molar-refractivity contribution in [3.05, 3.63) is 71.8 Å². The van der Waals surface area contributed by atoms with Gasteiger partial charge in [0.15, 0.2) is 0 Å². The summed E-state index contributed by atoms with van der Waals surface area (Å²) in [6, 6.07) is 5.05. The van der Waals surface area contributed by atoms with Gasteiger partial charge in [-0.3, -0.25) is 14.2 Å². The topological polar surface area (TPSA) is 64.7 Å². The van der Waals surface area contributed by atoms with Crippen LogP contribution >= 0.6 is 0 Å². The summed E-state index contributed by atoms with van der Waals surface area (Å²) in [7, 11) is 0. The summed E-state index contributed by atoms with van der Waals surface area (Å²) >= 11 is 0. The van der Waals surface area contributed by atoms with Gasteiger partial charge in [-0.2, -0.15) is 23.4 Å². The molecule has 0 saturated carbocycles. The lowest BCUT2D eigenvalue weighted by molar-refractivity contribution is -0.137. The van der Waals surface area contributed by atoms with Crippen LogP contribution in [-0.4, -0.2) is 25.5 Å². The van der Waals surface area contributed by atoms with Crippen molar-refractivity contribution in [2.75, 3.05) is 5.32 Å². The zero-order valence-electron chi connectivity index (χ0n) is 15.0. The van der Waals surface area contributed by atoms with Gasteiger partial charge in [-0.05, 0) is 30.7 Å². The fourth-order valence-corrected chi connectivity index (χ4v) is 2.54. The summed E-state index contributed by atoms with van der Waals surface area (Å²) in [6.45, 7) is 2.86. The Balaban J connectivity index is 1.60. The number of rotatable bonds is 6. The van der Waals surface area contributed by atoms with Gasteiger partial charge >= 0.3 is 6.18 Å². The maximum absolute atomic E-state index is 12.8. The number of amides is 1. The molecular formula is C19H18F3N5O. The van der Waals surface area contributed by atoms with Crippen LogP contribution in [0.4, 0.5) is 18.9 Å². The van der Waals surface area contributed by atoms with Crippen molar-refractivity contribution < 1.29 is 18.0 Å². The van der Waals surface area contributed by atoms with Gasteiger partial charge in [0.05, 0.1) is 30.2 Å². The number of nitrogens with one attached hydrogen (secondary N) is 1. The average molecular weight is 389 g/mol. The Morgan fingerprint density at radius 3 is 2.68 bits per heavy atom. The number of aryl methyl sites for hydroxylation is 1. The lowest BCUT2D eigenvalue weighted by atomic mass is 10.1. The number of alkyl halides is 3. The SMILES string of the molecule is CCn1cc(/C=C/C(=O)Nc2cnn(Cc3cccc(C(F)(F)F)c3)c2)cn1. The molecule has 0 spiro atoms. The number of hydrogen-bond acceptors (Lipinski definition) is 3. The summed E-state index contributed by atoms with van der Waals surface area (Å²) in [5.74, 6) is -0.345. The number of aromatic nitrogens is 4. The normalized spacial score (nSPS) is 11.9. The highest BCUT2D eigenvalue weighted by Gasteiger charge is 2.30. The van der Waals surface area contributed by atoms with Gasteiger partial charge in [0, 0.05) is 30.6 Å². The number of halogens is 3. The number of carbonyl (C=O) groups is 1. The second kappa shape index (κ2) is 8.12. The van der Waals surface area contributed by atoms with Crippen LogP contribution in [0.2, 0.25) is 0 Å². The van der Waals surface area contributed by atoms with Crippen LogP contribution in [0.3, 0.4) is 0 Å². The predicted octanol–water partition coefficient (Wildman–Crippen LogP) is 3.82. The zero-order valence-corrected chi connectivity index (χ0v) is 15.0. The predicted molar refractivity (Wildman–Crippen MR) is 98.3 cm³/mol. The van der Waals surface area contributed by atoms with E-state index < -0.39 is 11.7 Å². The number of anilines is 1. The van der Waals surface area contributed by atoms with Gasteiger partial charge in [0.2, 0.25) is 5.91 Å². The molecule has 0 bridgehead atoms. The van der Waals surface area contributed by atoms with E-state index in [1.165, 1.54) is 23.0 Å². The Hall–Kier alpha value is -3.36. The van der Waals surface area contributed by atoms with Crippen molar-refractivity contribution >= 4 is 17.7 Å². The Morgan fingerprint density at radius 2 is 1.96 bits per heavy atom. The molecule has 3 aromatic rings. The molecule has 0 unspecified atom stereocenters. The van der Waals surface area contributed by atoms with Gasteiger partial charge in [-0.25, -0.2) is 0 Å². The number of hydrogen-bond donors (Lipinski definition) is 1. The maximum atomic E-state index is 12.8. The summed E-state index contributed by atoms with van der Waals surface area (Å²) in [5.41, 5.74) is 1.01. The molecule has 0 atom stereocenters. The van der Waals surface area contributed by atoms with Gasteiger partial charge < -0.3 is 5.32 Å². The smallest absolute Gasteiger partial charge is 0.320 e. The molecule has 28 heavy (non-hydrogen) atoms. The number of benzene rings is 1. The molecule has 0 aliphatic rings. The zero-order chi connectivity index (χ0) is 20.1. The van der Waals surface area contributed by atoms with Crippen LogP contribution in [0, 0.1) is 0 Å². The van der Waals surface area contributed by atoms with E-state index in [-0.39, 0.29) is 12.5 Å². The third-order valence-electron chi connectivity index (χ3n) is 3.90. The van der Waals surface area contributed by atoms with Gasteiger partial charge in [-0.1, -0.05) is 12.1 Å². The first-order valence-corrected chi connectivity index (χ1v) is 8.53. The van der Waals surface area contributed by atoms with E-state index in [1.807, 2.05) is 13.1 Å². The van der Waals surface area contributed by atoms with E-state index in [2.05, 4.69) is 15.5 Å². The second-order valence-corrected chi connectivity index (χ2v) is 6.08. The van der Waals surface area contributed by atoms with E-state index in [0.29, 0.717) is 11.3 Å². The first kappa shape index (κ1) is 19.4. The van der Waals surface area contributed by atoms with Crippen molar-refractivity contribution in [2.24, 2.45) is 0 Å². The lowest BCUT2D eigenvalue weighted by Gasteiger charge is -2.08. The third kappa shape index (κ3) is 5.09. The molecule has 1 amide bonds. The van der Waals surface area contributed by atoms with Crippen LogP contribution in [0.15, 0.2) is 55.1 Å². The van der Waals surface area contributed by atoms with E-state index >= 15 is 0 Å². The summed E-state index contributed by atoms with van der Waals surface area (Å²) in [5, 5.41) is 10.8. The number of carbonyl (C=O) groups excluding carboxylic acids is 1. The minimum absolute atomic E-state index is 0.159. The highest BCUT2D eigenvalue weighted by Crippen LogP contribution is 2.29. The first-order chi connectivity index (χ1) is 13.3. The Kier molecular flexibility index (Phi) is 5.62. The molecule has 0 saturated heterocycles. The van der Waals surface area contributed by atoms with Gasteiger partial charge in [0.1, 0.15) is 0 Å². The van der Waals surface area contributed by atoms with Crippen LogP contribution in [-0.2, 0) is 24.1 Å². The Labute approximate surface area is 159 Å². The molecule has 2 aromatic heterocycles. The van der Waals surface area contributed by atoms with Crippen LogP contribution in [0.25, 0.3) is 6.08 Å². The maximum Gasteiger partial charge on any atom is 0.416 e. The molecule has 0 aliphatic heterocycles. The van der Waals surface area contributed by atoms with Crippen molar-refractivity contribution in [1.29, 1.82) is 0 Å². The quantitative estimate of drug-likeness (QED) is 0.652. The highest BCUT2D eigenvalue weighted by atomic mass is 19.4. The summed E-state index contributed by atoms with van der Waals surface area (Å²) < 4.78 is 41.6. The largest absolute Gasteiger partial charge is 0.416 e. The van der Waals surface area contributed by atoms with Gasteiger partial charge in [-0.15, -0.1) is 0 Å². The van der Waals surface area contributed by atoms with E-state index in [1.54, 1.807) is 29.2 Å². The standard InChI is InChI=1S/C19H18F3N5O/c1-2-26-12-15(9-23-26)6-7-18(28)25-17-10-24-27(13-17)11-14-4-3-5-16(8-14)19(20,21)22/h3-10,12-13H,2,11H2,1H3,(H,25,28)/b7-6+. The van der Waals surface area contributed by atoms with Crippen molar-refractivity contribution in [3.63, 3.8) is 0 Å². The van der Waals surface area contributed by atoms with Crippen molar-refractivity contribution in [1.82, 2.24) is 19.6 Å². The average Bonchev–Trinajstić information content (AvgIpc) is 3.29. The second-order valence-electron chi connectivity index (χ2n) is 6.08. The van der Waals surface area contributed by atoms with Crippen LogP contribution in [0.5, 0.6) is 0 Å². The molecule has 1 aromatic carbocycles. The molecule has 1 N–H and O–H groups in total. The monoisotopic (exact) mass is 389 g/mol.